The Morgan fingerprint density at radius 1 is 0.608 bits per heavy atom. The molecule has 272 valence electrons. The van der Waals surface area contributed by atoms with Crippen molar-refractivity contribution >= 4 is 58.0 Å². The molecule has 2 N–H and O–H groups in total. The van der Waals surface area contributed by atoms with Crippen molar-refractivity contribution in [3.05, 3.63) is 96.1 Å². The summed E-state index contributed by atoms with van der Waals surface area (Å²) in [6, 6.07) is 20.9. The first-order valence-electron chi connectivity index (χ1n) is 16.9. The van der Waals surface area contributed by atoms with Gasteiger partial charge in [-0.05, 0) is 85.3 Å². The van der Waals surface area contributed by atoms with E-state index in [2.05, 4.69) is 13.8 Å². The molecular weight excluding hydrogens is 721 g/mol. The van der Waals surface area contributed by atoms with Crippen LogP contribution in [0, 0.1) is 0 Å². The first kappa shape index (κ1) is 44.3. The molecule has 0 heterocycles. The minimum absolute atomic E-state index is 0. The largest absolute Gasteiger partial charge is 2.00 e. The van der Waals surface area contributed by atoms with Gasteiger partial charge in [0.1, 0.15) is 43.8 Å². The van der Waals surface area contributed by atoms with Gasteiger partial charge in [0.2, 0.25) is 0 Å². The van der Waals surface area contributed by atoms with Gasteiger partial charge < -0.3 is 24.2 Å². The zero-order chi connectivity index (χ0) is 36.6. The van der Waals surface area contributed by atoms with Crippen molar-refractivity contribution in [3.63, 3.8) is 0 Å². The van der Waals surface area contributed by atoms with Gasteiger partial charge in [0.05, 0.1) is 4.90 Å². The Morgan fingerprint density at radius 3 is 1.55 bits per heavy atom. The topological polar surface area (TPSA) is 173 Å². The number of hydrogen-bond donors (Lipinski definition) is 2. The summed E-state index contributed by atoms with van der Waals surface area (Å²) in [7, 11) is -9.07. The van der Waals surface area contributed by atoms with Gasteiger partial charge in [-0.15, -0.1) is 5.75 Å². The fourth-order valence-corrected chi connectivity index (χ4v) is 6.38. The Labute approximate surface area is 332 Å². The molecule has 0 amide bonds. The molecule has 0 unspecified atom stereocenters. The van der Waals surface area contributed by atoms with Crippen molar-refractivity contribution in [1.82, 2.24) is 0 Å². The molecule has 0 aliphatic rings. The summed E-state index contributed by atoms with van der Waals surface area (Å²) in [5.74, 6) is 0.280. The second kappa shape index (κ2) is 22.3. The molecule has 0 bridgehead atoms. The minimum atomic E-state index is -4.67. The van der Waals surface area contributed by atoms with Crippen molar-refractivity contribution in [2.75, 3.05) is 0 Å². The van der Waals surface area contributed by atoms with Gasteiger partial charge in [-0.2, -0.15) is 8.42 Å². The van der Waals surface area contributed by atoms with Crippen LogP contribution >= 0.6 is 0 Å². The minimum Gasteiger partial charge on any atom is -0.872 e. The van der Waals surface area contributed by atoms with Crippen LogP contribution in [0.5, 0.6) is 34.5 Å². The average Bonchev–Trinajstić information content (AvgIpc) is 3.04. The second-order valence-corrected chi connectivity index (χ2v) is 14.7. The fourth-order valence-electron chi connectivity index (χ4n) is 5.20. The average molecular weight is 767 g/mol. The summed E-state index contributed by atoms with van der Waals surface area (Å²) in [5, 5.41) is 20.9. The predicted molar refractivity (Wildman–Crippen MR) is 195 cm³/mol. The molecule has 51 heavy (non-hydrogen) atoms. The predicted octanol–water partition coefficient (Wildman–Crippen LogP) is 8.53. The number of unbranched alkanes of at least 4 members (excludes halogenated alkanes) is 8. The van der Waals surface area contributed by atoms with E-state index in [1.54, 1.807) is 42.5 Å². The van der Waals surface area contributed by atoms with Crippen LogP contribution in [-0.4, -0.2) is 68.8 Å². The van der Waals surface area contributed by atoms with Crippen molar-refractivity contribution in [2.24, 2.45) is 0 Å². The van der Waals surface area contributed by atoms with Gasteiger partial charge in [-0.1, -0.05) is 95.5 Å². The molecule has 10 nitrogen and oxygen atoms in total. The quantitative estimate of drug-likeness (QED) is 0.0568. The van der Waals surface area contributed by atoms with Crippen LogP contribution in [0.15, 0.2) is 94.7 Å². The molecule has 4 aromatic carbocycles. The molecule has 4 aromatic rings. The maximum atomic E-state index is 11.6. The maximum Gasteiger partial charge on any atom is 2.00 e. The van der Waals surface area contributed by atoms with E-state index < -0.39 is 25.1 Å². The summed E-state index contributed by atoms with van der Waals surface area (Å²) < 4.78 is 78.1. The SMILES string of the molecule is CCCCCCCc1ccc(S(=O)(=O)O)c(Oc2cccc(O)c2)c1.CCCCCCCc1ccc(S(=O)(=O)[O-])c(Oc2cccc([O-])c2)c1.[Ca+2]. The van der Waals surface area contributed by atoms with Crippen LogP contribution in [0.2, 0.25) is 0 Å². The number of benzene rings is 4. The summed E-state index contributed by atoms with van der Waals surface area (Å²) >= 11 is 0. The van der Waals surface area contributed by atoms with Crippen LogP contribution in [0.25, 0.3) is 0 Å². The Morgan fingerprint density at radius 2 is 1.08 bits per heavy atom. The Kier molecular flexibility index (Phi) is 19.4. The van der Waals surface area contributed by atoms with Crippen LogP contribution in [-0.2, 0) is 33.1 Å². The Hall–Kier alpha value is -2.84. The number of rotatable bonds is 18. The fraction of sp³-hybridized carbons (Fsp3) is 0.368. The first-order valence-corrected chi connectivity index (χ1v) is 19.8. The van der Waals surface area contributed by atoms with E-state index in [1.165, 1.54) is 81.0 Å². The van der Waals surface area contributed by atoms with Crippen molar-refractivity contribution in [2.45, 2.75) is 101 Å². The van der Waals surface area contributed by atoms with Gasteiger partial charge in [0, 0.05) is 6.07 Å². The van der Waals surface area contributed by atoms with Crippen molar-refractivity contribution in [1.29, 1.82) is 0 Å². The molecule has 0 aliphatic carbocycles. The number of ether oxygens (including phenoxy) is 2. The summed E-state index contributed by atoms with van der Waals surface area (Å²) in [4.78, 5) is -0.705. The van der Waals surface area contributed by atoms with Gasteiger partial charge >= 0.3 is 37.7 Å². The number of aryl methyl sites for hydroxylation is 2. The summed E-state index contributed by atoms with van der Waals surface area (Å²) in [5.41, 5.74) is 1.84. The monoisotopic (exact) mass is 766 g/mol. The van der Waals surface area contributed by atoms with E-state index in [9.17, 15) is 36.2 Å². The van der Waals surface area contributed by atoms with Gasteiger partial charge in [-0.25, -0.2) is 8.42 Å². The maximum absolute atomic E-state index is 11.6. The first-order chi connectivity index (χ1) is 23.8. The van der Waals surface area contributed by atoms with Crippen LogP contribution in [0.3, 0.4) is 0 Å². The van der Waals surface area contributed by atoms with Crippen LogP contribution < -0.4 is 14.6 Å². The van der Waals surface area contributed by atoms with E-state index in [0.29, 0.717) is 5.75 Å². The molecule has 0 saturated heterocycles. The number of aromatic hydroxyl groups is 1. The van der Waals surface area contributed by atoms with Gasteiger partial charge in [-0.3, -0.25) is 4.55 Å². The zero-order valence-electron chi connectivity index (χ0n) is 29.3. The molecular formula is C38H46CaO10S2. The van der Waals surface area contributed by atoms with Gasteiger partial charge in [0.25, 0.3) is 10.1 Å². The molecule has 0 radical (unpaired) electrons. The van der Waals surface area contributed by atoms with Gasteiger partial charge in [0.15, 0.2) is 0 Å². The molecule has 0 aliphatic heterocycles. The molecule has 0 aromatic heterocycles. The van der Waals surface area contributed by atoms with E-state index in [1.807, 2.05) is 0 Å². The van der Waals surface area contributed by atoms with Crippen LogP contribution in [0.1, 0.15) is 89.2 Å². The van der Waals surface area contributed by atoms with E-state index >= 15 is 0 Å². The van der Waals surface area contributed by atoms with Crippen LogP contribution in [0.4, 0.5) is 0 Å². The number of hydrogen-bond acceptors (Lipinski definition) is 9. The number of phenols is 1. The third-order valence-electron chi connectivity index (χ3n) is 7.78. The standard InChI is InChI=1S/2C19H24O5S.Ca/c2*1-2-3-4-5-6-8-15-11-12-19(25(21,22)23)18(13-15)24-17-10-7-9-16(20)14-17;/h2*7,9-14,20H,2-6,8H2,1H3,(H,21,22,23);/q;;+2/p-2. The summed E-state index contributed by atoms with van der Waals surface area (Å²) in [6.45, 7) is 4.32. The number of phenolic OH excluding ortho intramolecular Hbond substituents is 1. The van der Waals surface area contributed by atoms with E-state index in [0.717, 1.165) is 49.7 Å². The zero-order valence-corrected chi connectivity index (χ0v) is 33.1. The molecule has 0 saturated carbocycles. The van der Waals surface area contributed by atoms with Crippen molar-refractivity contribution < 1.29 is 45.6 Å². The second-order valence-electron chi connectivity index (χ2n) is 12.0. The molecule has 0 fully saturated rings. The molecule has 0 atom stereocenters. The third-order valence-corrected chi connectivity index (χ3v) is 9.55. The Balaban J connectivity index is 0.000000347. The smallest absolute Gasteiger partial charge is 0.872 e. The van der Waals surface area contributed by atoms with E-state index in [-0.39, 0.29) is 71.4 Å². The molecule has 0 spiro atoms. The normalized spacial score (nSPS) is 11.2. The molecule has 4 rings (SSSR count). The third kappa shape index (κ3) is 16.2. The summed E-state index contributed by atoms with van der Waals surface area (Å²) in [6.07, 6.45) is 12.9. The molecule has 13 heteroatoms. The van der Waals surface area contributed by atoms with E-state index in [4.69, 9.17) is 9.47 Å². The van der Waals surface area contributed by atoms with Crippen molar-refractivity contribution in [3.8, 4) is 34.5 Å². The Bertz CT molecular complexity index is 1740.